The lowest BCUT2D eigenvalue weighted by molar-refractivity contribution is 0.202. The number of anilines is 1. The summed E-state index contributed by atoms with van der Waals surface area (Å²) >= 11 is 2.98. The van der Waals surface area contributed by atoms with E-state index in [1.807, 2.05) is 4.72 Å². The second-order valence-electron chi connectivity index (χ2n) is 5.91. The molecule has 170 valence electrons. The Morgan fingerprint density at radius 1 is 1.12 bits per heavy atom. The topological polar surface area (TPSA) is 128 Å². The number of aromatic nitrogens is 4. The van der Waals surface area contributed by atoms with Crippen molar-refractivity contribution >= 4 is 32.0 Å². The molecule has 2 N–H and O–H groups in total. The Bertz CT molecular complexity index is 1490. The van der Waals surface area contributed by atoms with Crippen LogP contribution in [-0.2, 0) is 10.2 Å². The summed E-state index contributed by atoms with van der Waals surface area (Å²) in [7, 11) is -4.68. The first-order valence-electron chi connectivity index (χ1n) is 13.0. The fourth-order valence-electron chi connectivity index (χ4n) is 2.14. The molecule has 0 aliphatic heterocycles. The molecular weight excluding hydrogens is 500 g/mol. The maximum atomic E-state index is 12.7. The Hall–Kier alpha value is -2.83. The molecule has 0 saturated heterocycles. The first-order valence-corrected chi connectivity index (χ1v) is 11.3. The fourth-order valence-corrected chi connectivity index (χ4v) is 3.13. The summed E-state index contributed by atoms with van der Waals surface area (Å²) in [6.07, 6.45) is 3.48. The Labute approximate surface area is 206 Å². The SMILES string of the molecule is [2H]c1c([2H])c(-c2c(NS(=O)(=O)NC([2H])([2H])CC)ncnc2OC([2H])([2H])COc2ncc(C)cn2)c([2H])c([2H])c1Br. The van der Waals surface area contributed by atoms with E-state index in [1.165, 1.54) is 19.3 Å². The monoisotopic (exact) mass is 530 g/mol. The Morgan fingerprint density at radius 3 is 2.53 bits per heavy atom. The molecule has 2 aromatic heterocycles. The molecule has 10 nitrogen and oxygen atoms in total. The standard InChI is InChI=1S/C20H23BrN6O4S/c1-3-8-26-32(28,29)27-18-17(15-4-6-16(21)7-5-15)19(25-13-24-18)30-9-10-31-20-22-11-14(2)12-23-20/h4-7,11-13,26H,3,8-10H2,1-2H3,(H,24,25,27)/i4D,5D,6D,7D,8D2,9D2. The molecule has 0 radical (unpaired) electrons. The Balaban J connectivity index is 2.13. The van der Waals surface area contributed by atoms with Gasteiger partial charge in [0.1, 0.15) is 19.5 Å². The highest BCUT2D eigenvalue weighted by molar-refractivity contribution is 9.10. The van der Waals surface area contributed by atoms with Crippen molar-refractivity contribution in [2.45, 2.75) is 20.3 Å². The predicted molar refractivity (Wildman–Crippen MR) is 124 cm³/mol. The average molecular weight is 531 g/mol. The lowest BCUT2D eigenvalue weighted by Gasteiger charge is -2.15. The molecule has 0 bridgehead atoms. The van der Waals surface area contributed by atoms with Gasteiger partial charge >= 0.3 is 6.01 Å². The van der Waals surface area contributed by atoms with Crippen molar-refractivity contribution in [1.29, 1.82) is 0 Å². The molecule has 0 spiro atoms. The van der Waals surface area contributed by atoms with Crippen LogP contribution in [0.3, 0.4) is 0 Å². The van der Waals surface area contributed by atoms with Crippen LogP contribution in [0.25, 0.3) is 11.1 Å². The summed E-state index contributed by atoms with van der Waals surface area (Å²) in [5.74, 6) is -1.29. The number of ether oxygens (including phenoxy) is 2. The minimum absolute atomic E-state index is 0.154. The van der Waals surface area contributed by atoms with Crippen molar-refractivity contribution < 1.29 is 28.9 Å². The number of halogens is 1. The van der Waals surface area contributed by atoms with Crippen LogP contribution in [0, 0.1) is 6.92 Å². The molecule has 3 rings (SSSR count). The van der Waals surface area contributed by atoms with Gasteiger partial charge in [-0.25, -0.2) is 19.9 Å². The molecule has 0 saturated carbocycles. The van der Waals surface area contributed by atoms with E-state index in [0.29, 0.717) is 0 Å². The van der Waals surface area contributed by atoms with Gasteiger partial charge in [0.15, 0.2) is 5.82 Å². The second-order valence-corrected chi connectivity index (χ2v) is 8.12. The summed E-state index contributed by atoms with van der Waals surface area (Å²) < 4.78 is 105. The molecule has 0 aliphatic rings. The maximum absolute atomic E-state index is 12.7. The molecule has 0 atom stereocenters. The lowest BCUT2D eigenvalue weighted by Crippen LogP contribution is -2.31. The molecule has 0 amide bonds. The van der Waals surface area contributed by atoms with Crippen molar-refractivity contribution in [1.82, 2.24) is 24.7 Å². The number of rotatable bonds is 11. The second kappa shape index (κ2) is 11.2. The van der Waals surface area contributed by atoms with Crippen molar-refractivity contribution in [3.63, 3.8) is 0 Å². The normalized spacial score (nSPS) is 15.7. The van der Waals surface area contributed by atoms with E-state index in [0.717, 1.165) is 11.9 Å². The summed E-state index contributed by atoms with van der Waals surface area (Å²) in [6.45, 7) is -2.64. The molecule has 1 aromatic carbocycles. The minimum Gasteiger partial charge on any atom is -0.473 e. The molecule has 2 heterocycles. The van der Waals surface area contributed by atoms with Gasteiger partial charge in [-0.3, -0.25) is 4.72 Å². The van der Waals surface area contributed by atoms with E-state index in [4.69, 9.17) is 20.4 Å². The summed E-state index contributed by atoms with van der Waals surface area (Å²) in [4.78, 5) is 15.5. The summed E-state index contributed by atoms with van der Waals surface area (Å²) in [6, 6.07) is -2.49. The van der Waals surface area contributed by atoms with Crippen molar-refractivity contribution in [3.8, 4) is 23.0 Å². The van der Waals surface area contributed by atoms with Crippen LogP contribution in [0.4, 0.5) is 5.82 Å². The van der Waals surface area contributed by atoms with Crippen LogP contribution < -0.4 is 18.9 Å². The largest absolute Gasteiger partial charge is 0.473 e. The Kier molecular flexibility index (Phi) is 5.26. The number of nitrogens with zero attached hydrogens (tertiary/aromatic N) is 4. The number of nitrogens with one attached hydrogen (secondary N) is 2. The van der Waals surface area contributed by atoms with Crippen molar-refractivity contribution in [2.75, 3.05) is 24.4 Å². The van der Waals surface area contributed by atoms with Gasteiger partial charge < -0.3 is 9.47 Å². The highest BCUT2D eigenvalue weighted by Crippen LogP contribution is 2.34. The zero-order valence-electron chi connectivity index (χ0n) is 24.9. The fraction of sp³-hybridized carbons (Fsp3) is 0.300. The molecule has 32 heavy (non-hydrogen) atoms. The average Bonchev–Trinajstić information content (AvgIpc) is 2.86. The van der Waals surface area contributed by atoms with E-state index >= 15 is 0 Å². The highest BCUT2D eigenvalue weighted by atomic mass is 79.9. The third kappa shape index (κ3) is 6.84. The minimum atomic E-state index is -4.68. The third-order valence-electron chi connectivity index (χ3n) is 3.46. The molecular formula is C20H23BrN6O4S. The first kappa shape index (κ1) is 15.1. The molecule has 3 aromatic rings. The van der Waals surface area contributed by atoms with Crippen LogP contribution in [0.2, 0.25) is 0 Å². The summed E-state index contributed by atoms with van der Waals surface area (Å²) in [5, 5.41) is 0. The van der Waals surface area contributed by atoms with Crippen molar-refractivity contribution in [2.24, 2.45) is 0 Å². The number of aryl methyl sites for hydroxylation is 1. The van der Waals surface area contributed by atoms with Gasteiger partial charge in [-0.2, -0.15) is 13.1 Å². The van der Waals surface area contributed by atoms with Crippen LogP contribution in [0.5, 0.6) is 11.9 Å². The smallest absolute Gasteiger partial charge is 0.316 e. The molecule has 12 heteroatoms. The van der Waals surface area contributed by atoms with Gasteiger partial charge in [-0.1, -0.05) is 34.9 Å². The van der Waals surface area contributed by atoms with Crippen molar-refractivity contribution in [3.05, 3.63) is 52.9 Å². The number of benzene rings is 1. The van der Waals surface area contributed by atoms with E-state index in [9.17, 15) is 8.42 Å². The third-order valence-corrected chi connectivity index (χ3v) is 4.73. The zero-order chi connectivity index (χ0) is 30.0. The van der Waals surface area contributed by atoms with E-state index in [-0.39, 0.29) is 16.9 Å². The summed E-state index contributed by atoms with van der Waals surface area (Å²) in [5.41, 5.74) is -0.309. The number of hydrogen-bond donors (Lipinski definition) is 2. The molecule has 0 fully saturated rings. The zero-order valence-corrected chi connectivity index (χ0v) is 19.3. The van der Waals surface area contributed by atoms with Gasteiger partial charge in [-0.05, 0) is 36.6 Å². The quantitative estimate of drug-likeness (QED) is 0.386. The molecule has 0 aliphatic carbocycles. The van der Waals surface area contributed by atoms with Crippen LogP contribution in [-0.4, -0.2) is 48.0 Å². The van der Waals surface area contributed by atoms with Gasteiger partial charge in [0.25, 0.3) is 10.2 Å². The van der Waals surface area contributed by atoms with Crippen LogP contribution in [0.1, 0.15) is 29.9 Å². The van der Waals surface area contributed by atoms with Gasteiger partial charge in [0.05, 0.1) is 13.8 Å². The van der Waals surface area contributed by atoms with E-state index in [1.54, 1.807) is 11.6 Å². The first-order chi connectivity index (χ1) is 18.5. The maximum Gasteiger partial charge on any atom is 0.316 e. The van der Waals surface area contributed by atoms with E-state index < -0.39 is 76.9 Å². The Morgan fingerprint density at radius 2 is 1.84 bits per heavy atom. The van der Waals surface area contributed by atoms with Gasteiger partial charge in [0.2, 0.25) is 5.88 Å². The van der Waals surface area contributed by atoms with Gasteiger partial charge in [-0.15, -0.1) is 0 Å². The molecule has 0 unspecified atom stereocenters. The lowest BCUT2D eigenvalue weighted by atomic mass is 10.1. The van der Waals surface area contributed by atoms with Gasteiger partial charge in [0, 0.05) is 26.1 Å². The van der Waals surface area contributed by atoms with Crippen LogP contribution in [0.15, 0.2) is 47.4 Å². The highest BCUT2D eigenvalue weighted by Gasteiger charge is 2.19. The van der Waals surface area contributed by atoms with E-state index in [2.05, 4.69) is 35.9 Å². The number of hydrogen-bond acceptors (Lipinski definition) is 8. The van der Waals surface area contributed by atoms with Crippen LogP contribution >= 0.6 is 15.9 Å². The predicted octanol–water partition coefficient (Wildman–Crippen LogP) is 3.12.